The van der Waals surface area contributed by atoms with Crippen LogP contribution in [-0.4, -0.2) is 26.6 Å². The van der Waals surface area contributed by atoms with Crippen molar-refractivity contribution < 1.29 is 54.8 Å². The number of alkyl halides is 6. The summed E-state index contributed by atoms with van der Waals surface area (Å²) in [5.41, 5.74) is -2.36. The minimum atomic E-state index is -5.00. The molecular weight excluding hydrogens is 416 g/mol. The van der Waals surface area contributed by atoms with Crippen molar-refractivity contribution >= 4 is 5.97 Å². The summed E-state index contributed by atoms with van der Waals surface area (Å²) in [6, 6.07) is 2.79. The van der Waals surface area contributed by atoms with Crippen LogP contribution in [0.1, 0.15) is 16.1 Å². The summed E-state index contributed by atoms with van der Waals surface area (Å²) in [7, 11) is 1.92. The molecule has 2 rings (SSSR count). The van der Waals surface area contributed by atoms with E-state index >= 15 is 0 Å². The van der Waals surface area contributed by atoms with Gasteiger partial charge in [-0.05, 0) is 12.1 Å². The number of esters is 1. The minimum Gasteiger partial charge on any atom is -0.618 e. The van der Waals surface area contributed by atoms with E-state index in [1.807, 2.05) is 0 Å². The normalized spacial score (nSPS) is 11.7. The number of hydrogen-bond donors (Lipinski definition) is 0. The maximum Gasteiger partial charge on any atom is 0.573 e. The Kier molecular flexibility index (Phi) is 5.99. The average molecular weight is 427 g/mol. The van der Waals surface area contributed by atoms with E-state index in [1.165, 1.54) is 0 Å². The monoisotopic (exact) mass is 427 g/mol. The average Bonchev–Trinajstić information content (AvgIpc) is 2.60. The summed E-state index contributed by atoms with van der Waals surface area (Å²) in [6.07, 6.45) is -9.84. The van der Waals surface area contributed by atoms with Gasteiger partial charge in [-0.25, -0.2) is 4.79 Å². The van der Waals surface area contributed by atoms with E-state index in [-0.39, 0.29) is 11.9 Å². The predicted octanol–water partition coefficient (Wildman–Crippen LogP) is 3.82. The van der Waals surface area contributed by atoms with Crippen LogP contribution < -0.4 is 18.9 Å². The van der Waals surface area contributed by atoms with E-state index < -0.39 is 51.7 Å². The summed E-state index contributed by atoms with van der Waals surface area (Å²) < 4.78 is 93.6. The molecule has 0 bridgehead atoms. The van der Waals surface area contributed by atoms with Crippen LogP contribution in [0.15, 0.2) is 30.5 Å². The Morgan fingerprint density at radius 2 is 1.66 bits per heavy atom. The summed E-state index contributed by atoms with van der Waals surface area (Å²) in [4.78, 5) is 11.8. The van der Waals surface area contributed by atoms with Crippen LogP contribution in [0.25, 0.3) is 0 Å². The van der Waals surface area contributed by atoms with Crippen LogP contribution in [0.5, 0.6) is 23.0 Å². The molecule has 0 aliphatic heterocycles. The fourth-order valence-electron chi connectivity index (χ4n) is 2.11. The Morgan fingerprint density at radius 3 is 2.17 bits per heavy atom. The van der Waals surface area contributed by atoms with Crippen molar-refractivity contribution in [2.24, 2.45) is 0 Å². The standard InChI is InChI=1S/C16H11F6NO6/c1-26-11-6-9(29-16(20,21)22)3-4-10(11)28-12-5-8(15(17,18)19)7-23(25)13(12)14(24)27-2/h3-7H,1-2H3. The van der Waals surface area contributed by atoms with Gasteiger partial charge in [0.25, 0.3) is 0 Å². The number of nitrogens with zero attached hydrogens (tertiary/aromatic N) is 1. The third-order valence-electron chi connectivity index (χ3n) is 3.29. The molecule has 1 aromatic carbocycles. The Morgan fingerprint density at radius 1 is 1.00 bits per heavy atom. The van der Waals surface area contributed by atoms with Crippen LogP contribution in [-0.2, 0) is 10.9 Å². The largest absolute Gasteiger partial charge is 0.618 e. The van der Waals surface area contributed by atoms with E-state index in [4.69, 9.17) is 9.47 Å². The van der Waals surface area contributed by atoms with E-state index in [2.05, 4.69) is 9.47 Å². The van der Waals surface area contributed by atoms with Gasteiger partial charge in [0.2, 0.25) is 5.75 Å². The molecular formula is C16H11F6NO6. The molecule has 158 valence electrons. The summed E-state index contributed by atoms with van der Waals surface area (Å²) in [5, 5.41) is 11.9. The molecule has 0 amide bonds. The van der Waals surface area contributed by atoms with Crippen molar-refractivity contribution in [2.45, 2.75) is 12.5 Å². The molecule has 0 saturated carbocycles. The quantitative estimate of drug-likeness (QED) is 0.312. The molecule has 0 radical (unpaired) electrons. The van der Waals surface area contributed by atoms with Gasteiger partial charge in [0.15, 0.2) is 17.7 Å². The number of ether oxygens (including phenoxy) is 4. The molecule has 0 unspecified atom stereocenters. The van der Waals surface area contributed by atoms with Crippen LogP contribution >= 0.6 is 0 Å². The highest BCUT2D eigenvalue weighted by atomic mass is 19.4. The van der Waals surface area contributed by atoms with Crippen molar-refractivity contribution in [2.75, 3.05) is 14.2 Å². The molecule has 0 fully saturated rings. The highest BCUT2D eigenvalue weighted by Gasteiger charge is 2.37. The van der Waals surface area contributed by atoms with Crippen LogP contribution in [0.3, 0.4) is 0 Å². The number of benzene rings is 1. The number of rotatable bonds is 5. The molecule has 29 heavy (non-hydrogen) atoms. The summed E-state index contributed by atoms with van der Waals surface area (Å²) >= 11 is 0. The zero-order valence-electron chi connectivity index (χ0n) is 14.6. The number of pyridine rings is 1. The molecule has 0 aliphatic carbocycles. The second-order valence-electron chi connectivity index (χ2n) is 5.22. The molecule has 0 saturated heterocycles. The molecule has 0 N–H and O–H groups in total. The second-order valence-corrected chi connectivity index (χ2v) is 5.22. The maximum absolute atomic E-state index is 13.0. The van der Waals surface area contributed by atoms with E-state index in [9.17, 15) is 36.3 Å². The Labute approximate surface area is 158 Å². The molecule has 1 heterocycles. The van der Waals surface area contributed by atoms with Gasteiger partial charge in [-0.1, -0.05) is 0 Å². The lowest BCUT2D eigenvalue weighted by Gasteiger charge is -2.16. The molecule has 13 heteroatoms. The smallest absolute Gasteiger partial charge is 0.573 e. The minimum absolute atomic E-state index is 0.108. The van der Waals surface area contributed by atoms with Crippen molar-refractivity contribution in [1.29, 1.82) is 0 Å². The Bertz CT molecular complexity index is 912. The zero-order valence-corrected chi connectivity index (χ0v) is 14.6. The van der Waals surface area contributed by atoms with Crippen molar-refractivity contribution in [3.63, 3.8) is 0 Å². The number of methoxy groups -OCH3 is 2. The van der Waals surface area contributed by atoms with Gasteiger partial charge in [-0.3, -0.25) is 0 Å². The van der Waals surface area contributed by atoms with Gasteiger partial charge in [-0.15, -0.1) is 13.2 Å². The van der Waals surface area contributed by atoms with Crippen LogP contribution in [0.2, 0.25) is 0 Å². The molecule has 2 aromatic rings. The predicted molar refractivity (Wildman–Crippen MR) is 81.5 cm³/mol. The van der Waals surface area contributed by atoms with Crippen LogP contribution in [0.4, 0.5) is 26.3 Å². The third kappa shape index (κ3) is 5.33. The van der Waals surface area contributed by atoms with Crippen molar-refractivity contribution in [3.8, 4) is 23.0 Å². The molecule has 7 nitrogen and oxygen atoms in total. The molecule has 0 spiro atoms. The Balaban J connectivity index is 2.54. The molecule has 0 atom stereocenters. The third-order valence-corrected chi connectivity index (χ3v) is 3.29. The highest BCUT2D eigenvalue weighted by molar-refractivity contribution is 5.88. The number of hydrogen-bond acceptors (Lipinski definition) is 6. The van der Waals surface area contributed by atoms with Crippen LogP contribution in [0, 0.1) is 5.21 Å². The Hall–Kier alpha value is -3.38. The first-order valence-corrected chi connectivity index (χ1v) is 7.40. The first-order valence-electron chi connectivity index (χ1n) is 7.40. The fourth-order valence-corrected chi connectivity index (χ4v) is 2.11. The number of carbonyl (C=O) groups excluding carboxylic acids is 1. The first-order chi connectivity index (χ1) is 13.4. The second kappa shape index (κ2) is 7.93. The first kappa shape index (κ1) is 21.9. The highest BCUT2D eigenvalue weighted by Crippen LogP contribution is 2.38. The fraction of sp³-hybridized carbons (Fsp3) is 0.250. The topological polar surface area (TPSA) is 80.9 Å². The number of carbonyl (C=O) groups is 1. The number of halogens is 6. The van der Waals surface area contributed by atoms with Gasteiger partial charge in [0.1, 0.15) is 11.3 Å². The van der Waals surface area contributed by atoms with Gasteiger partial charge < -0.3 is 24.2 Å². The maximum atomic E-state index is 13.0. The van der Waals surface area contributed by atoms with Gasteiger partial charge in [-0.2, -0.15) is 17.9 Å². The lowest BCUT2D eigenvalue weighted by Crippen LogP contribution is -2.37. The lowest BCUT2D eigenvalue weighted by molar-refractivity contribution is -0.610. The summed E-state index contributed by atoms with van der Waals surface area (Å²) in [5.74, 6) is -3.63. The number of aromatic nitrogens is 1. The van der Waals surface area contributed by atoms with Crippen molar-refractivity contribution in [1.82, 2.24) is 0 Å². The van der Waals surface area contributed by atoms with Crippen molar-refractivity contribution in [3.05, 3.63) is 46.9 Å². The molecule has 1 aromatic heterocycles. The van der Waals surface area contributed by atoms with E-state index in [0.29, 0.717) is 6.07 Å². The van der Waals surface area contributed by atoms with Gasteiger partial charge in [0, 0.05) is 12.1 Å². The van der Waals surface area contributed by atoms with E-state index in [0.717, 1.165) is 32.4 Å². The molecule has 0 aliphatic rings. The van der Waals surface area contributed by atoms with Gasteiger partial charge >= 0.3 is 24.2 Å². The SMILES string of the molecule is COC(=O)c1c(Oc2ccc(OC(F)(F)F)cc2OC)cc(C(F)(F)F)c[n+]1[O-]. The summed E-state index contributed by atoms with van der Waals surface area (Å²) in [6.45, 7) is 0. The zero-order chi connectivity index (χ0) is 22.0. The van der Waals surface area contributed by atoms with E-state index in [1.54, 1.807) is 0 Å². The lowest BCUT2D eigenvalue weighted by atomic mass is 10.2. The van der Waals surface area contributed by atoms with Gasteiger partial charge in [0.05, 0.1) is 14.2 Å².